The minimum absolute atomic E-state index is 0.270. The summed E-state index contributed by atoms with van der Waals surface area (Å²) < 4.78 is 0. The lowest BCUT2D eigenvalue weighted by Gasteiger charge is -2.23. The van der Waals surface area contributed by atoms with Crippen molar-refractivity contribution in [3.05, 3.63) is 58.1 Å². The molecule has 0 bridgehead atoms. The second kappa shape index (κ2) is 7.56. The van der Waals surface area contributed by atoms with Gasteiger partial charge in [-0.1, -0.05) is 35.3 Å². The monoisotopic (exact) mass is 375 g/mol. The second-order valence-corrected chi connectivity index (χ2v) is 6.66. The van der Waals surface area contributed by atoms with Crippen molar-refractivity contribution in [3.63, 3.8) is 0 Å². The molecule has 0 saturated heterocycles. The standard InChI is InChI=1S/C18H15Cl2N3O2/c1-18(2,16(24)22-14-6-4-3-5-11(14)10-21)17(25)23-15-8-7-12(19)9-13(15)20/h3-9H,1-2H3,(H,22,24)(H,23,25). The predicted octanol–water partition coefficient (Wildman–Crippen LogP) is 4.47. The maximum atomic E-state index is 12.5. The number of halogens is 2. The molecule has 5 nitrogen and oxygen atoms in total. The average Bonchev–Trinajstić information content (AvgIpc) is 2.57. The summed E-state index contributed by atoms with van der Waals surface area (Å²) in [5, 5.41) is 15.0. The number of benzene rings is 2. The Morgan fingerprint density at radius 2 is 1.60 bits per heavy atom. The molecule has 2 amide bonds. The van der Waals surface area contributed by atoms with Gasteiger partial charge in [-0.2, -0.15) is 5.26 Å². The number of carbonyl (C=O) groups is 2. The number of nitrogens with zero attached hydrogens (tertiary/aromatic N) is 1. The average molecular weight is 376 g/mol. The smallest absolute Gasteiger partial charge is 0.239 e. The number of hydrogen-bond acceptors (Lipinski definition) is 3. The quantitative estimate of drug-likeness (QED) is 0.773. The molecule has 0 spiro atoms. The second-order valence-electron chi connectivity index (χ2n) is 5.81. The molecule has 2 N–H and O–H groups in total. The van der Waals surface area contributed by atoms with E-state index in [1.165, 1.54) is 19.9 Å². The number of nitrogens with one attached hydrogen (secondary N) is 2. The van der Waals surface area contributed by atoms with Gasteiger partial charge in [0.05, 0.1) is 22.0 Å². The Kier molecular flexibility index (Phi) is 5.68. The number of carbonyl (C=O) groups excluding carboxylic acids is 2. The minimum Gasteiger partial charge on any atom is -0.324 e. The third-order valence-corrected chi connectivity index (χ3v) is 4.16. The van der Waals surface area contributed by atoms with Gasteiger partial charge < -0.3 is 10.6 Å². The summed E-state index contributed by atoms with van der Waals surface area (Å²) in [5.74, 6) is -1.08. The topological polar surface area (TPSA) is 82.0 Å². The number of rotatable bonds is 4. The van der Waals surface area contributed by atoms with Gasteiger partial charge in [-0.3, -0.25) is 9.59 Å². The highest BCUT2D eigenvalue weighted by molar-refractivity contribution is 6.36. The zero-order valence-corrected chi connectivity index (χ0v) is 15.1. The van der Waals surface area contributed by atoms with Crippen LogP contribution in [0.2, 0.25) is 10.0 Å². The number of para-hydroxylation sites is 1. The first-order valence-corrected chi connectivity index (χ1v) is 8.08. The van der Waals surface area contributed by atoms with E-state index < -0.39 is 17.2 Å². The van der Waals surface area contributed by atoms with Gasteiger partial charge in [0.25, 0.3) is 0 Å². The van der Waals surface area contributed by atoms with Crippen LogP contribution >= 0.6 is 23.2 Å². The third-order valence-electron chi connectivity index (χ3n) is 3.61. The molecule has 25 heavy (non-hydrogen) atoms. The van der Waals surface area contributed by atoms with Gasteiger partial charge in [0.2, 0.25) is 11.8 Å². The number of hydrogen-bond donors (Lipinski definition) is 2. The zero-order valence-electron chi connectivity index (χ0n) is 13.6. The van der Waals surface area contributed by atoms with Crippen LogP contribution in [0.5, 0.6) is 0 Å². The normalized spacial score (nSPS) is 10.7. The van der Waals surface area contributed by atoms with Crippen LogP contribution in [0.4, 0.5) is 11.4 Å². The first-order valence-electron chi connectivity index (χ1n) is 7.33. The molecular formula is C18H15Cl2N3O2. The summed E-state index contributed by atoms with van der Waals surface area (Å²) in [6.07, 6.45) is 0. The molecule has 2 aromatic rings. The van der Waals surface area contributed by atoms with Crippen LogP contribution in [0.25, 0.3) is 0 Å². The Morgan fingerprint density at radius 3 is 2.20 bits per heavy atom. The van der Waals surface area contributed by atoms with Crippen molar-refractivity contribution in [1.82, 2.24) is 0 Å². The van der Waals surface area contributed by atoms with Gasteiger partial charge in [0.1, 0.15) is 11.5 Å². The van der Waals surface area contributed by atoms with E-state index >= 15 is 0 Å². The molecule has 0 aliphatic rings. The summed E-state index contributed by atoms with van der Waals surface area (Å²) in [7, 11) is 0. The van der Waals surface area contributed by atoms with E-state index in [-0.39, 0.29) is 5.02 Å². The summed E-state index contributed by atoms with van der Waals surface area (Å²) in [6.45, 7) is 2.97. The SMILES string of the molecule is CC(C)(C(=O)Nc1ccc(Cl)cc1Cl)C(=O)Nc1ccccc1C#N. The molecule has 0 fully saturated rings. The van der Waals surface area contributed by atoms with E-state index in [1.54, 1.807) is 36.4 Å². The molecule has 0 atom stereocenters. The van der Waals surface area contributed by atoms with Crippen LogP contribution in [-0.2, 0) is 9.59 Å². The van der Waals surface area contributed by atoms with Crippen molar-refractivity contribution >= 4 is 46.4 Å². The fraction of sp³-hybridized carbons (Fsp3) is 0.167. The summed E-state index contributed by atoms with van der Waals surface area (Å²) in [6, 6.07) is 13.2. The molecule has 0 aliphatic carbocycles. The Labute approximate surface area is 155 Å². The van der Waals surface area contributed by atoms with Crippen LogP contribution < -0.4 is 10.6 Å². The first kappa shape index (κ1) is 18.8. The Bertz CT molecular complexity index is 873. The molecule has 2 rings (SSSR count). The fourth-order valence-corrected chi connectivity index (χ4v) is 2.40. The Balaban J connectivity index is 2.17. The van der Waals surface area contributed by atoms with Gasteiger partial charge in [0, 0.05) is 5.02 Å². The van der Waals surface area contributed by atoms with Gasteiger partial charge in [-0.25, -0.2) is 0 Å². The highest BCUT2D eigenvalue weighted by Crippen LogP contribution is 2.28. The summed E-state index contributed by atoms with van der Waals surface area (Å²) in [4.78, 5) is 25.1. The zero-order chi connectivity index (χ0) is 18.6. The predicted molar refractivity (Wildman–Crippen MR) is 98.7 cm³/mol. The van der Waals surface area contributed by atoms with Crippen LogP contribution in [0, 0.1) is 16.7 Å². The molecule has 0 aromatic heterocycles. The van der Waals surface area contributed by atoms with Crippen molar-refractivity contribution < 1.29 is 9.59 Å². The first-order chi connectivity index (χ1) is 11.8. The van der Waals surface area contributed by atoms with Gasteiger partial charge >= 0.3 is 0 Å². The Hall–Kier alpha value is -2.55. The molecule has 2 aromatic carbocycles. The molecule has 7 heteroatoms. The van der Waals surface area contributed by atoms with E-state index in [4.69, 9.17) is 28.5 Å². The molecule has 0 heterocycles. The molecule has 0 unspecified atom stereocenters. The van der Waals surface area contributed by atoms with Crippen molar-refractivity contribution in [2.45, 2.75) is 13.8 Å². The van der Waals surface area contributed by atoms with Crippen molar-refractivity contribution in [2.24, 2.45) is 5.41 Å². The molecular weight excluding hydrogens is 361 g/mol. The lowest BCUT2D eigenvalue weighted by molar-refractivity contribution is -0.135. The van der Waals surface area contributed by atoms with Gasteiger partial charge in [-0.05, 0) is 44.2 Å². The maximum Gasteiger partial charge on any atom is 0.239 e. The number of nitriles is 1. The highest BCUT2D eigenvalue weighted by atomic mass is 35.5. The fourth-order valence-electron chi connectivity index (χ4n) is 1.94. The lowest BCUT2D eigenvalue weighted by Crippen LogP contribution is -2.41. The molecule has 0 radical (unpaired) electrons. The third kappa shape index (κ3) is 4.30. The van der Waals surface area contributed by atoms with Crippen LogP contribution in [0.3, 0.4) is 0 Å². The molecule has 0 saturated carbocycles. The van der Waals surface area contributed by atoms with E-state index in [1.807, 2.05) is 6.07 Å². The van der Waals surface area contributed by atoms with E-state index in [2.05, 4.69) is 10.6 Å². The van der Waals surface area contributed by atoms with Crippen LogP contribution in [0.15, 0.2) is 42.5 Å². The van der Waals surface area contributed by atoms with Crippen molar-refractivity contribution in [2.75, 3.05) is 10.6 Å². The van der Waals surface area contributed by atoms with Crippen LogP contribution in [-0.4, -0.2) is 11.8 Å². The maximum absolute atomic E-state index is 12.5. The molecule has 128 valence electrons. The van der Waals surface area contributed by atoms with E-state index in [9.17, 15) is 9.59 Å². The van der Waals surface area contributed by atoms with E-state index in [0.717, 1.165) is 0 Å². The number of amides is 2. The molecule has 0 aliphatic heterocycles. The lowest BCUT2D eigenvalue weighted by atomic mass is 9.90. The van der Waals surface area contributed by atoms with Crippen molar-refractivity contribution in [1.29, 1.82) is 5.26 Å². The largest absolute Gasteiger partial charge is 0.324 e. The Morgan fingerprint density at radius 1 is 1.00 bits per heavy atom. The summed E-state index contributed by atoms with van der Waals surface area (Å²) in [5.41, 5.74) is -0.381. The summed E-state index contributed by atoms with van der Waals surface area (Å²) >= 11 is 11.9. The van der Waals surface area contributed by atoms with Gasteiger partial charge in [0.15, 0.2) is 0 Å². The van der Waals surface area contributed by atoms with Gasteiger partial charge in [-0.15, -0.1) is 0 Å². The minimum atomic E-state index is -1.40. The highest BCUT2D eigenvalue weighted by Gasteiger charge is 2.36. The van der Waals surface area contributed by atoms with Crippen molar-refractivity contribution in [3.8, 4) is 6.07 Å². The van der Waals surface area contributed by atoms with Crippen LogP contribution in [0.1, 0.15) is 19.4 Å². The van der Waals surface area contributed by atoms with E-state index in [0.29, 0.717) is 22.0 Å². The number of anilines is 2.